The maximum atomic E-state index is 12.7. The fourth-order valence-corrected chi connectivity index (χ4v) is 4.51. The highest BCUT2D eigenvalue weighted by molar-refractivity contribution is 6.36. The molecule has 1 aliphatic carbocycles. The van der Waals surface area contributed by atoms with E-state index >= 15 is 0 Å². The first-order chi connectivity index (χ1) is 12.4. The number of Topliss-reactive ketones (excluding diaryl/α,β-unsaturated/α-hetero) is 1. The lowest BCUT2D eigenvalue weighted by Gasteiger charge is -2.23. The molecule has 3 rings (SSSR count). The van der Waals surface area contributed by atoms with Crippen molar-refractivity contribution in [2.24, 2.45) is 5.41 Å². The third-order valence-corrected chi connectivity index (χ3v) is 5.65. The van der Waals surface area contributed by atoms with Gasteiger partial charge in [-0.25, -0.2) is 0 Å². The van der Waals surface area contributed by atoms with E-state index in [2.05, 4.69) is 0 Å². The van der Waals surface area contributed by atoms with E-state index in [4.69, 9.17) is 23.2 Å². The summed E-state index contributed by atoms with van der Waals surface area (Å²) in [5.74, 6) is -0.958. The number of halogens is 2. The van der Waals surface area contributed by atoms with Crippen LogP contribution in [0.5, 0.6) is 0 Å². The van der Waals surface area contributed by atoms with E-state index in [0.29, 0.717) is 22.9 Å². The molecule has 5 heteroatoms. The van der Waals surface area contributed by atoms with Crippen LogP contribution in [0.2, 0.25) is 10.0 Å². The fourth-order valence-electron chi connectivity index (χ4n) is 3.86. The van der Waals surface area contributed by atoms with E-state index in [9.17, 15) is 14.7 Å². The highest BCUT2D eigenvalue weighted by Crippen LogP contribution is 2.42. The van der Waals surface area contributed by atoms with Gasteiger partial charge in [0.05, 0.1) is 10.4 Å². The van der Waals surface area contributed by atoms with Crippen LogP contribution in [0.3, 0.4) is 0 Å². The predicted octanol–water partition coefficient (Wildman–Crippen LogP) is 5.81. The van der Waals surface area contributed by atoms with Crippen LogP contribution in [0.15, 0.2) is 42.5 Å². The van der Waals surface area contributed by atoms with Crippen molar-refractivity contribution in [2.75, 3.05) is 0 Å². The third kappa shape index (κ3) is 3.94. The first-order valence-electron chi connectivity index (χ1n) is 8.70. The molecule has 3 nitrogen and oxygen atoms in total. The first kappa shape index (κ1) is 18.9. The van der Waals surface area contributed by atoms with Crippen molar-refractivity contribution in [3.8, 4) is 11.1 Å². The number of carboxylic acids is 1. The Morgan fingerprint density at radius 2 is 1.69 bits per heavy atom. The van der Waals surface area contributed by atoms with Crippen molar-refractivity contribution in [3.63, 3.8) is 0 Å². The van der Waals surface area contributed by atoms with E-state index in [-0.39, 0.29) is 18.6 Å². The Morgan fingerprint density at radius 3 is 2.31 bits per heavy atom. The van der Waals surface area contributed by atoms with E-state index in [1.165, 1.54) is 0 Å². The van der Waals surface area contributed by atoms with Crippen molar-refractivity contribution in [1.82, 2.24) is 0 Å². The SMILES string of the molecule is O=C(Cc1cc(Cl)cc(Cl)c1-c1ccccc1)CC1(C(=O)O)CCCC1. The Kier molecular flexibility index (Phi) is 5.69. The van der Waals surface area contributed by atoms with Crippen LogP contribution in [0.1, 0.15) is 37.7 Å². The smallest absolute Gasteiger partial charge is 0.310 e. The van der Waals surface area contributed by atoms with Gasteiger partial charge in [-0.05, 0) is 36.1 Å². The zero-order valence-corrected chi connectivity index (χ0v) is 15.8. The highest BCUT2D eigenvalue weighted by Gasteiger charge is 2.42. The standard InChI is InChI=1S/C21H20Cl2O3/c22-16-10-15(19(18(23)12-16)14-6-2-1-3-7-14)11-17(24)13-21(20(25)26)8-4-5-9-21/h1-3,6-7,10,12H,4-5,8-9,11,13H2,(H,25,26). The summed E-state index contributed by atoms with van der Waals surface area (Å²) in [7, 11) is 0. The maximum Gasteiger partial charge on any atom is 0.310 e. The molecule has 0 spiro atoms. The second kappa shape index (κ2) is 7.81. The fraction of sp³-hybridized carbons (Fsp3) is 0.333. The minimum absolute atomic E-state index is 0.0562. The topological polar surface area (TPSA) is 54.4 Å². The zero-order valence-electron chi connectivity index (χ0n) is 14.3. The highest BCUT2D eigenvalue weighted by atomic mass is 35.5. The lowest BCUT2D eigenvalue weighted by Crippen LogP contribution is -2.31. The molecule has 0 saturated heterocycles. The molecule has 1 saturated carbocycles. The largest absolute Gasteiger partial charge is 0.481 e. The minimum atomic E-state index is -0.910. The molecule has 1 aliphatic rings. The van der Waals surface area contributed by atoms with Crippen molar-refractivity contribution in [3.05, 3.63) is 58.1 Å². The van der Waals surface area contributed by atoms with Crippen LogP contribution in [-0.2, 0) is 16.0 Å². The molecule has 0 unspecified atom stereocenters. The van der Waals surface area contributed by atoms with Crippen molar-refractivity contribution >= 4 is 35.0 Å². The average molecular weight is 391 g/mol. The molecule has 26 heavy (non-hydrogen) atoms. The van der Waals surface area contributed by atoms with Gasteiger partial charge in [0.25, 0.3) is 0 Å². The Balaban J connectivity index is 1.90. The molecule has 2 aromatic carbocycles. The molecule has 0 heterocycles. The van der Waals surface area contributed by atoms with E-state index in [0.717, 1.165) is 29.5 Å². The summed E-state index contributed by atoms with van der Waals surface area (Å²) >= 11 is 12.6. The minimum Gasteiger partial charge on any atom is -0.481 e. The molecule has 136 valence electrons. The lowest BCUT2D eigenvalue weighted by molar-refractivity contribution is -0.151. The van der Waals surface area contributed by atoms with Crippen molar-refractivity contribution < 1.29 is 14.7 Å². The molecule has 0 amide bonds. The Labute approximate surface area is 162 Å². The van der Waals surface area contributed by atoms with Crippen LogP contribution in [0.4, 0.5) is 0 Å². The number of hydrogen-bond donors (Lipinski definition) is 1. The zero-order chi connectivity index (χ0) is 18.7. The number of aliphatic carboxylic acids is 1. The number of ketones is 1. The second-order valence-corrected chi connectivity index (χ2v) is 7.82. The van der Waals surface area contributed by atoms with Crippen LogP contribution in [-0.4, -0.2) is 16.9 Å². The van der Waals surface area contributed by atoms with Gasteiger partial charge in [0.15, 0.2) is 0 Å². The van der Waals surface area contributed by atoms with Crippen LogP contribution < -0.4 is 0 Å². The van der Waals surface area contributed by atoms with Gasteiger partial charge in [0.1, 0.15) is 5.78 Å². The summed E-state index contributed by atoms with van der Waals surface area (Å²) < 4.78 is 0. The van der Waals surface area contributed by atoms with Gasteiger partial charge in [-0.1, -0.05) is 66.4 Å². The molecular formula is C21H20Cl2O3. The summed E-state index contributed by atoms with van der Waals surface area (Å²) in [6.07, 6.45) is 3.03. The predicted molar refractivity (Wildman–Crippen MR) is 104 cm³/mol. The van der Waals surface area contributed by atoms with Gasteiger partial charge in [-0.3, -0.25) is 9.59 Å². The van der Waals surface area contributed by atoms with Crippen LogP contribution in [0.25, 0.3) is 11.1 Å². The molecule has 0 aromatic heterocycles. The quantitative estimate of drug-likeness (QED) is 0.676. The number of hydrogen-bond acceptors (Lipinski definition) is 2. The number of benzene rings is 2. The monoisotopic (exact) mass is 390 g/mol. The molecular weight excluding hydrogens is 371 g/mol. The molecule has 1 fully saturated rings. The molecule has 0 aliphatic heterocycles. The Morgan fingerprint density at radius 1 is 1.04 bits per heavy atom. The molecule has 0 radical (unpaired) electrons. The molecule has 0 bridgehead atoms. The van der Waals surface area contributed by atoms with E-state index in [1.54, 1.807) is 12.1 Å². The van der Waals surface area contributed by atoms with Gasteiger partial charge in [0, 0.05) is 23.4 Å². The molecule has 2 aromatic rings. The van der Waals surface area contributed by atoms with Gasteiger partial charge < -0.3 is 5.11 Å². The van der Waals surface area contributed by atoms with Crippen LogP contribution >= 0.6 is 23.2 Å². The number of carbonyl (C=O) groups excluding carboxylic acids is 1. The summed E-state index contributed by atoms with van der Waals surface area (Å²) in [5, 5.41) is 10.6. The van der Waals surface area contributed by atoms with Gasteiger partial charge in [0.2, 0.25) is 0 Å². The lowest BCUT2D eigenvalue weighted by atomic mass is 9.80. The first-order valence-corrected chi connectivity index (χ1v) is 9.45. The molecule has 0 atom stereocenters. The average Bonchev–Trinajstić information content (AvgIpc) is 3.05. The van der Waals surface area contributed by atoms with Gasteiger partial charge >= 0.3 is 5.97 Å². The van der Waals surface area contributed by atoms with Crippen molar-refractivity contribution in [2.45, 2.75) is 38.5 Å². The van der Waals surface area contributed by atoms with Gasteiger partial charge in [-0.2, -0.15) is 0 Å². The summed E-state index contributed by atoms with van der Waals surface area (Å²) in [5.41, 5.74) is 1.51. The van der Waals surface area contributed by atoms with E-state index in [1.807, 2.05) is 30.3 Å². The second-order valence-electron chi connectivity index (χ2n) is 6.97. The number of carbonyl (C=O) groups is 2. The normalized spacial score (nSPS) is 15.8. The maximum absolute atomic E-state index is 12.7. The summed E-state index contributed by atoms with van der Waals surface area (Å²) in [6, 6.07) is 13.0. The van der Waals surface area contributed by atoms with Crippen molar-refractivity contribution in [1.29, 1.82) is 0 Å². The Bertz CT molecular complexity index is 825. The number of rotatable bonds is 6. The third-order valence-electron chi connectivity index (χ3n) is 5.14. The molecule has 1 N–H and O–H groups in total. The summed E-state index contributed by atoms with van der Waals surface area (Å²) in [4.78, 5) is 24.4. The number of carboxylic acid groups (broad SMARTS) is 1. The van der Waals surface area contributed by atoms with E-state index < -0.39 is 11.4 Å². The summed E-state index contributed by atoms with van der Waals surface area (Å²) in [6.45, 7) is 0. The van der Waals surface area contributed by atoms with Crippen LogP contribution in [0, 0.1) is 5.41 Å². The van der Waals surface area contributed by atoms with Gasteiger partial charge in [-0.15, -0.1) is 0 Å². The Hall–Kier alpha value is -1.84.